The highest BCUT2D eigenvalue weighted by atomic mass is 35.5. The zero-order valence-corrected chi connectivity index (χ0v) is 16.0. The van der Waals surface area contributed by atoms with Crippen LogP contribution in [0, 0.1) is 0 Å². The average molecular weight is 379 g/mol. The molecule has 2 aromatic carbocycles. The largest absolute Gasteiger partial charge is 0.497 e. The number of hydrogen-bond acceptors (Lipinski definition) is 5. The molecule has 1 heterocycles. The minimum atomic E-state index is -0.485. The van der Waals surface area contributed by atoms with Crippen LogP contribution in [0.15, 0.2) is 47.4 Å². The van der Waals surface area contributed by atoms with E-state index in [9.17, 15) is 5.11 Å². The van der Waals surface area contributed by atoms with E-state index in [2.05, 4.69) is 10.2 Å². The molecule has 0 amide bonds. The van der Waals surface area contributed by atoms with Crippen molar-refractivity contribution in [3.05, 3.63) is 53.1 Å². The number of nitrogens with zero attached hydrogens (tertiary/aromatic N) is 1. The molecule has 1 aliphatic heterocycles. The Morgan fingerprint density at radius 3 is 2.72 bits per heavy atom. The number of ether oxygens (including phenoxy) is 1. The van der Waals surface area contributed by atoms with Gasteiger partial charge in [0.15, 0.2) is 0 Å². The van der Waals surface area contributed by atoms with Crippen LogP contribution in [0.3, 0.4) is 0 Å². The molecule has 0 aliphatic carbocycles. The van der Waals surface area contributed by atoms with Crippen molar-refractivity contribution < 1.29 is 9.84 Å². The number of β-amino-alcohol motifs (C(OH)–C–C–N with tert-alkyl or cyclic N) is 1. The summed E-state index contributed by atoms with van der Waals surface area (Å²) in [6.45, 7) is 2.27. The standard InChI is InChI=1S/C19H23ClN2O2S/c1-21-9-10-22-12-17(23)19(13-3-6-15(24-2)7-4-13)25-18-11-14(20)5-8-16(18)22/h3-8,11,17,19,21,23H,9-10,12H2,1-2H3. The van der Waals surface area contributed by atoms with Gasteiger partial charge >= 0.3 is 0 Å². The van der Waals surface area contributed by atoms with Crippen molar-refractivity contribution in [1.29, 1.82) is 0 Å². The van der Waals surface area contributed by atoms with Crippen molar-refractivity contribution >= 4 is 29.1 Å². The highest BCUT2D eigenvalue weighted by molar-refractivity contribution is 7.99. The van der Waals surface area contributed by atoms with Crippen LogP contribution >= 0.6 is 23.4 Å². The summed E-state index contributed by atoms with van der Waals surface area (Å²) >= 11 is 7.89. The first-order valence-corrected chi connectivity index (χ1v) is 9.56. The summed E-state index contributed by atoms with van der Waals surface area (Å²) < 4.78 is 5.24. The molecule has 0 spiro atoms. The van der Waals surface area contributed by atoms with Crippen LogP contribution < -0.4 is 15.0 Å². The summed E-state index contributed by atoms with van der Waals surface area (Å²) in [5.74, 6) is 0.816. The number of anilines is 1. The quantitative estimate of drug-likeness (QED) is 0.832. The van der Waals surface area contributed by atoms with E-state index < -0.39 is 6.10 Å². The van der Waals surface area contributed by atoms with E-state index in [4.69, 9.17) is 16.3 Å². The van der Waals surface area contributed by atoms with E-state index in [1.807, 2.05) is 49.5 Å². The molecule has 0 saturated carbocycles. The minimum Gasteiger partial charge on any atom is -0.497 e. The first-order chi connectivity index (χ1) is 12.1. The Labute approximate surface area is 158 Å². The molecule has 1 aliphatic rings. The number of aliphatic hydroxyl groups is 1. The predicted molar refractivity (Wildman–Crippen MR) is 105 cm³/mol. The van der Waals surface area contributed by atoms with Gasteiger partial charge in [-0.2, -0.15) is 0 Å². The zero-order chi connectivity index (χ0) is 17.8. The van der Waals surface area contributed by atoms with Crippen LogP contribution in [0.4, 0.5) is 5.69 Å². The van der Waals surface area contributed by atoms with E-state index >= 15 is 0 Å². The summed E-state index contributed by atoms with van der Waals surface area (Å²) in [6, 6.07) is 13.9. The monoisotopic (exact) mass is 378 g/mol. The van der Waals surface area contributed by atoms with E-state index in [1.165, 1.54) is 0 Å². The Kier molecular flexibility index (Phi) is 6.12. The molecular formula is C19H23ClN2O2S. The molecule has 4 nitrogen and oxygen atoms in total. The SMILES string of the molecule is CNCCN1CC(O)C(c2ccc(OC)cc2)Sc2cc(Cl)ccc21. The highest BCUT2D eigenvalue weighted by Crippen LogP contribution is 2.46. The van der Waals surface area contributed by atoms with Crippen LogP contribution in [0.2, 0.25) is 5.02 Å². The molecule has 0 radical (unpaired) electrons. The van der Waals surface area contributed by atoms with Crippen molar-refractivity contribution in [3.8, 4) is 5.75 Å². The van der Waals surface area contributed by atoms with Crippen LogP contribution in [-0.2, 0) is 0 Å². The van der Waals surface area contributed by atoms with Gasteiger partial charge in [0.25, 0.3) is 0 Å². The normalized spacial score (nSPS) is 20.1. The third-order valence-corrected chi connectivity index (χ3v) is 6.01. The van der Waals surface area contributed by atoms with Gasteiger partial charge in [-0.3, -0.25) is 0 Å². The van der Waals surface area contributed by atoms with Crippen LogP contribution in [0.1, 0.15) is 10.8 Å². The van der Waals surface area contributed by atoms with Crippen LogP contribution in [0.5, 0.6) is 5.75 Å². The van der Waals surface area contributed by atoms with E-state index in [1.54, 1.807) is 18.9 Å². The first kappa shape index (κ1) is 18.4. The second-order valence-electron chi connectivity index (χ2n) is 6.04. The summed E-state index contributed by atoms with van der Waals surface area (Å²) in [7, 11) is 3.59. The molecule has 3 rings (SSSR count). The number of fused-ring (bicyclic) bond motifs is 1. The molecule has 134 valence electrons. The smallest absolute Gasteiger partial charge is 0.118 e. The van der Waals surface area contributed by atoms with Crippen molar-refractivity contribution in [3.63, 3.8) is 0 Å². The lowest BCUT2D eigenvalue weighted by atomic mass is 10.1. The fourth-order valence-corrected chi connectivity index (χ4v) is 4.58. The summed E-state index contributed by atoms with van der Waals surface area (Å²) in [5, 5.41) is 14.7. The van der Waals surface area contributed by atoms with Crippen molar-refractivity contribution in [2.45, 2.75) is 16.2 Å². The van der Waals surface area contributed by atoms with Gasteiger partial charge < -0.3 is 20.1 Å². The number of methoxy groups -OCH3 is 1. The van der Waals surface area contributed by atoms with E-state index in [0.29, 0.717) is 11.6 Å². The molecule has 0 saturated heterocycles. The number of likely N-dealkylation sites (N-methyl/N-ethyl adjacent to an activating group) is 1. The van der Waals surface area contributed by atoms with E-state index in [-0.39, 0.29) is 5.25 Å². The number of aliphatic hydroxyl groups excluding tert-OH is 1. The summed E-state index contributed by atoms with van der Waals surface area (Å²) in [4.78, 5) is 3.32. The number of nitrogens with one attached hydrogen (secondary N) is 1. The van der Waals surface area contributed by atoms with Gasteiger partial charge in [-0.15, -0.1) is 11.8 Å². The maximum absolute atomic E-state index is 10.9. The third kappa shape index (κ3) is 4.23. The lowest BCUT2D eigenvalue weighted by Gasteiger charge is -2.27. The summed E-state index contributed by atoms with van der Waals surface area (Å²) in [5.41, 5.74) is 2.21. The molecule has 2 aromatic rings. The fourth-order valence-electron chi connectivity index (χ4n) is 3.02. The van der Waals surface area contributed by atoms with Gasteiger partial charge in [0.05, 0.1) is 24.2 Å². The molecule has 25 heavy (non-hydrogen) atoms. The number of rotatable bonds is 5. The van der Waals surface area contributed by atoms with Gasteiger partial charge in [-0.1, -0.05) is 23.7 Å². The van der Waals surface area contributed by atoms with Crippen LogP contribution in [0.25, 0.3) is 0 Å². The second kappa shape index (κ2) is 8.32. The average Bonchev–Trinajstić information content (AvgIpc) is 2.76. The van der Waals surface area contributed by atoms with Gasteiger partial charge in [-0.05, 0) is 42.9 Å². The van der Waals surface area contributed by atoms with Crippen LogP contribution in [-0.4, -0.2) is 45.0 Å². The predicted octanol–water partition coefficient (Wildman–Crippen LogP) is 3.58. The Hall–Kier alpha value is -1.40. The maximum Gasteiger partial charge on any atom is 0.118 e. The highest BCUT2D eigenvalue weighted by Gasteiger charge is 2.30. The number of halogens is 1. The zero-order valence-electron chi connectivity index (χ0n) is 14.4. The number of thioether (sulfide) groups is 1. The number of hydrogen-bond donors (Lipinski definition) is 2. The molecule has 0 aromatic heterocycles. The maximum atomic E-state index is 10.9. The topological polar surface area (TPSA) is 44.7 Å². The lowest BCUT2D eigenvalue weighted by molar-refractivity contribution is 0.177. The van der Waals surface area contributed by atoms with Gasteiger partial charge in [0.2, 0.25) is 0 Å². The third-order valence-electron chi connectivity index (χ3n) is 4.35. The Balaban J connectivity index is 1.94. The van der Waals surface area contributed by atoms with Gasteiger partial charge in [-0.25, -0.2) is 0 Å². The Morgan fingerprint density at radius 2 is 2.04 bits per heavy atom. The molecule has 0 fully saturated rings. The fraction of sp³-hybridized carbons (Fsp3) is 0.368. The molecule has 2 N–H and O–H groups in total. The van der Waals surface area contributed by atoms with Gasteiger partial charge in [0, 0.05) is 29.6 Å². The molecule has 6 heteroatoms. The van der Waals surface area contributed by atoms with E-state index in [0.717, 1.165) is 35.0 Å². The van der Waals surface area contributed by atoms with Crippen molar-refractivity contribution in [2.24, 2.45) is 0 Å². The Morgan fingerprint density at radius 1 is 1.28 bits per heavy atom. The second-order valence-corrected chi connectivity index (χ2v) is 7.66. The van der Waals surface area contributed by atoms with Crippen molar-refractivity contribution in [2.75, 3.05) is 38.7 Å². The molecular weight excluding hydrogens is 356 g/mol. The minimum absolute atomic E-state index is 0.0530. The van der Waals surface area contributed by atoms with Gasteiger partial charge in [0.1, 0.15) is 5.75 Å². The molecule has 2 atom stereocenters. The Bertz CT molecular complexity index is 711. The summed E-state index contributed by atoms with van der Waals surface area (Å²) in [6.07, 6.45) is -0.485. The van der Waals surface area contributed by atoms with Crippen molar-refractivity contribution in [1.82, 2.24) is 5.32 Å². The molecule has 2 unspecified atom stereocenters. The molecule has 0 bridgehead atoms. The lowest BCUT2D eigenvalue weighted by Crippen LogP contribution is -2.37. The first-order valence-electron chi connectivity index (χ1n) is 8.30. The number of benzene rings is 2.